The van der Waals surface area contributed by atoms with Crippen LogP contribution in [0.3, 0.4) is 0 Å². The lowest BCUT2D eigenvalue weighted by Gasteiger charge is -2.00. The number of halogens is 1. The van der Waals surface area contributed by atoms with Crippen LogP contribution in [0.2, 0.25) is 5.02 Å². The number of rotatable bonds is 5. The second-order valence-corrected chi connectivity index (χ2v) is 5.49. The Balaban J connectivity index is 2.18. The Morgan fingerprint density at radius 1 is 1.44 bits per heavy atom. The Morgan fingerprint density at radius 2 is 2.28 bits per heavy atom. The summed E-state index contributed by atoms with van der Waals surface area (Å²) in [6, 6.07) is 7.76. The lowest BCUT2D eigenvalue weighted by atomic mass is 10.1. The zero-order chi connectivity index (χ0) is 13.0. The van der Waals surface area contributed by atoms with Gasteiger partial charge < -0.3 is 10.1 Å². The van der Waals surface area contributed by atoms with E-state index in [-0.39, 0.29) is 0 Å². The van der Waals surface area contributed by atoms with E-state index in [1.807, 2.05) is 24.3 Å². The summed E-state index contributed by atoms with van der Waals surface area (Å²) in [5.74, 6) is 0. The van der Waals surface area contributed by atoms with Gasteiger partial charge in [-0.25, -0.2) is 4.98 Å². The molecule has 0 aliphatic carbocycles. The van der Waals surface area contributed by atoms with Crippen LogP contribution in [-0.2, 0) is 4.74 Å². The molecule has 96 valence electrons. The number of hydrogen-bond donors (Lipinski definition) is 1. The van der Waals surface area contributed by atoms with Crippen LogP contribution in [0.5, 0.6) is 0 Å². The molecular formula is C13H15ClN2OS. The van der Waals surface area contributed by atoms with Crippen LogP contribution in [0.25, 0.3) is 11.3 Å². The van der Waals surface area contributed by atoms with E-state index >= 15 is 0 Å². The molecular weight excluding hydrogens is 268 g/mol. The van der Waals surface area contributed by atoms with Gasteiger partial charge in [0.1, 0.15) is 0 Å². The number of nitrogens with zero attached hydrogens (tertiary/aromatic N) is 1. The molecule has 0 saturated heterocycles. The van der Waals surface area contributed by atoms with Gasteiger partial charge in [-0.1, -0.05) is 23.7 Å². The first kappa shape index (κ1) is 13.3. The van der Waals surface area contributed by atoms with Crippen LogP contribution in [0.1, 0.15) is 4.88 Å². The van der Waals surface area contributed by atoms with Gasteiger partial charge in [-0.3, -0.25) is 0 Å². The molecule has 1 aromatic heterocycles. The summed E-state index contributed by atoms with van der Waals surface area (Å²) in [4.78, 5) is 5.76. The zero-order valence-electron chi connectivity index (χ0n) is 10.4. The van der Waals surface area contributed by atoms with Gasteiger partial charge in [-0.15, -0.1) is 11.3 Å². The lowest BCUT2D eigenvalue weighted by Crippen LogP contribution is -2.06. The van der Waals surface area contributed by atoms with E-state index in [0.29, 0.717) is 6.61 Å². The van der Waals surface area contributed by atoms with Gasteiger partial charge in [0.25, 0.3) is 0 Å². The molecule has 0 aliphatic heterocycles. The van der Waals surface area contributed by atoms with E-state index in [0.717, 1.165) is 28.0 Å². The highest BCUT2D eigenvalue weighted by Gasteiger charge is 2.09. The van der Waals surface area contributed by atoms with Crippen molar-refractivity contribution in [2.45, 2.75) is 6.92 Å². The molecule has 1 N–H and O–H groups in total. The van der Waals surface area contributed by atoms with E-state index in [1.54, 1.807) is 18.4 Å². The topological polar surface area (TPSA) is 34.1 Å². The number of hydrogen-bond acceptors (Lipinski definition) is 4. The van der Waals surface area contributed by atoms with E-state index in [2.05, 4.69) is 17.2 Å². The van der Waals surface area contributed by atoms with Gasteiger partial charge in [0.05, 0.1) is 12.3 Å². The van der Waals surface area contributed by atoms with E-state index in [4.69, 9.17) is 16.3 Å². The molecule has 1 aromatic carbocycles. The number of aryl methyl sites for hydroxylation is 1. The normalized spacial score (nSPS) is 10.6. The third-order valence-corrected chi connectivity index (χ3v) is 3.64. The number of anilines is 1. The van der Waals surface area contributed by atoms with Crippen molar-refractivity contribution < 1.29 is 4.74 Å². The minimum atomic E-state index is 0.672. The predicted molar refractivity (Wildman–Crippen MR) is 77.7 cm³/mol. The summed E-state index contributed by atoms with van der Waals surface area (Å²) in [5, 5.41) is 4.89. The van der Waals surface area contributed by atoms with Crippen molar-refractivity contribution >= 4 is 28.1 Å². The fourth-order valence-corrected chi connectivity index (χ4v) is 2.69. The maximum Gasteiger partial charge on any atom is 0.183 e. The predicted octanol–water partition coefficient (Wildman–Crippen LogP) is 3.83. The van der Waals surface area contributed by atoms with Crippen molar-refractivity contribution in [2.75, 3.05) is 25.6 Å². The first-order valence-electron chi connectivity index (χ1n) is 5.67. The molecule has 2 rings (SSSR count). The summed E-state index contributed by atoms with van der Waals surface area (Å²) in [7, 11) is 1.69. The smallest absolute Gasteiger partial charge is 0.183 e. The van der Waals surface area contributed by atoms with Crippen molar-refractivity contribution in [3.05, 3.63) is 34.2 Å². The largest absolute Gasteiger partial charge is 0.383 e. The fraction of sp³-hybridized carbons (Fsp3) is 0.308. The second-order valence-electron chi connectivity index (χ2n) is 3.85. The summed E-state index contributed by atoms with van der Waals surface area (Å²) in [6.07, 6.45) is 0. The number of aromatic nitrogens is 1. The van der Waals surface area contributed by atoms with E-state index in [1.165, 1.54) is 4.88 Å². The number of methoxy groups -OCH3 is 1. The number of nitrogens with one attached hydrogen (secondary N) is 1. The molecule has 3 nitrogen and oxygen atoms in total. The van der Waals surface area contributed by atoms with Crippen LogP contribution in [0.4, 0.5) is 5.13 Å². The lowest BCUT2D eigenvalue weighted by molar-refractivity contribution is 0.211. The molecule has 1 heterocycles. The minimum Gasteiger partial charge on any atom is -0.383 e. The third kappa shape index (κ3) is 3.22. The van der Waals surface area contributed by atoms with Gasteiger partial charge >= 0.3 is 0 Å². The minimum absolute atomic E-state index is 0.672. The van der Waals surface area contributed by atoms with E-state index < -0.39 is 0 Å². The average molecular weight is 283 g/mol. The highest BCUT2D eigenvalue weighted by Crippen LogP contribution is 2.31. The Hall–Kier alpha value is -1.10. The molecule has 2 aromatic rings. The molecule has 0 fully saturated rings. The zero-order valence-corrected chi connectivity index (χ0v) is 11.9. The Labute approximate surface area is 116 Å². The summed E-state index contributed by atoms with van der Waals surface area (Å²) in [5.41, 5.74) is 2.04. The Morgan fingerprint density at radius 3 is 3.00 bits per heavy atom. The SMILES string of the molecule is COCCNc1nc(-c2cccc(Cl)c2)c(C)s1. The van der Waals surface area contributed by atoms with Crippen LogP contribution in [0.15, 0.2) is 24.3 Å². The van der Waals surface area contributed by atoms with Gasteiger partial charge in [0.15, 0.2) is 5.13 Å². The maximum atomic E-state index is 6.00. The standard InChI is InChI=1S/C13H15ClN2OS/c1-9-12(10-4-3-5-11(14)8-10)16-13(18-9)15-6-7-17-2/h3-5,8H,6-7H2,1-2H3,(H,15,16). The highest BCUT2D eigenvalue weighted by atomic mass is 35.5. The highest BCUT2D eigenvalue weighted by molar-refractivity contribution is 7.16. The molecule has 0 aliphatic rings. The number of thiazole rings is 1. The van der Waals surface area contributed by atoms with Crippen molar-refractivity contribution in [3.63, 3.8) is 0 Å². The first-order valence-corrected chi connectivity index (χ1v) is 6.86. The van der Waals surface area contributed by atoms with Crippen molar-refractivity contribution in [2.24, 2.45) is 0 Å². The van der Waals surface area contributed by atoms with Crippen LogP contribution in [0, 0.1) is 6.92 Å². The molecule has 0 unspecified atom stereocenters. The quantitative estimate of drug-likeness (QED) is 0.846. The Bertz CT molecular complexity index is 527. The van der Waals surface area contributed by atoms with Crippen LogP contribution < -0.4 is 5.32 Å². The molecule has 0 saturated carbocycles. The molecule has 0 amide bonds. The van der Waals surface area contributed by atoms with Gasteiger partial charge in [-0.2, -0.15) is 0 Å². The third-order valence-electron chi connectivity index (χ3n) is 2.48. The molecule has 5 heteroatoms. The van der Waals surface area contributed by atoms with Gasteiger partial charge in [-0.05, 0) is 19.1 Å². The maximum absolute atomic E-state index is 6.00. The van der Waals surface area contributed by atoms with Crippen molar-refractivity contribution in [1.29, 1.82) is 0 Å². The average Bonchev–Trinajstić information content (AvgIpc) is 2.71. The van der Waals surface area contributed by atoms with Gasteiger partial charge in [0.2, 0.25) is 0 Å². The van der Waals surface area contributed by atoms with E-state index in [9.17, 15) is 0 Å². The molecule has 0 spiro atoms. The van der Waals surface area contributed by atoms with Crippen molar-refractivity contribution in [3.8, 4) is 11.3 Å². The van der Waals surface area contributed by atoms with Crippen LogP contribution >= 0.6 is 22.9 Å². The molecule has 0 atom stereocenters. The Kier molecular flexibility index (Phi) is 4.58. The summed E-state index contributed by atoms with van der Waals surface area (Å²) in [6.45, 7) is 3.50. The molecule has 0 radical (unpaired) electrons. The number of ether oxygens (including phenoxy) is 1. The van der Waals surface area contributed by atoms with Crippen LogP contribution in [-0.4, -0.2) is 25.2 Å². The van der Waals surface area contributed by atoms with Gasteiger partial charge in [0, 0.05) is 29.1 Å². The van der Waals surface area contributed by atoms with Crippen molar-refractivity contribution in [1.82, 2.24) is 4.98 Å². The molecule has 18 heavy (non-hydrogen) atoms. The summed E-state index contributed by atoms with van der Waals surface area (Å²) >= 11 is 7.64. The number of benzene rings is 1. The molecule has 0 bridgehead atoms. The fourth-order valence-electron chi connectivity index (χ4n) is 1.64. The summed E-state index contributed by atoms with van der Waals surface area (Å²) < 4.78 is 5.00. The first-order chi connectivity index (χ1) is 8.70. The second kappa shape index (κ2) is 6.18. The monoisotopic (exact) mass is 282 g/mol.